The number of aryl methyl sites for hydroxylation is 1. The summed E-state index contributed by atoms with van der Waals surface area (Å²) in [5.41, 5.74) is -5.04. The first-order chi connectivity index (χ1) is 10.6. The Balaban J connectivity index is 2.24. The molecule has 0 saturated heterocycles. The number of aromatic nitrogens is 1. The van der Waals surface area contributed by atoms with Crippen molar-refractivity contribution in [2.75, 3.05) is 0 Å². The summed E-state index contributed by atoms with van der Waals surface area (Å²) in [7, 11) is -5.92. The van der Waals surface area contributed by atoms with Crippen molar-refractivity contribution in [3.63, 3.8) is 0 Å². The first-order valence-corrected chi connectivity index (χ1v) is 8.12. The van der Waals surface area contributed by atoms with Gasteiger partial charge >= 0.3 is 15.6 Å². The molecule has 0 saturated carbocycles. The standard InChI is InChI=1S/C13H7F4NO3S2/c1-8-18-10(7-22-8)4-2-9-3-5-12(11(14)6-9)21-23(19,20)13(15,16)17/h3,5-7H,1H3. The van der Waals surface area contributed by atoms with Gasteiger partial charge in [0, 0.05) is 10.9 Å². The molecule has 0 unspecified atom stereocenters. The van der Waals surface area contributed by atoms with Gasteiger partial charge in [0.15, 0.2) is 11.6 Å². The normalized spacial score (nSPS) is 11.7. The lowest BCUT2D eigenvalue weighted by atomic mass is 10.2. The van der Waals surface area contributed by atoms with Gasteiger partial charge in [-0.2, -0.15) is 21.6 Å². The predicted octanol–water partition coefficient (Wildman–Crippen LogP) is 3.22. The number of benzene rings is 1. The Hall–Kier alpha value is -2.12. The average molecular weight is 365 g/mol. The van der Waals surface area contributed by atoms with Crippen molar-refractivity contribution in [3.05, 3.63) is 45.7 Å². The van der Waals surface area contributed by atoms with Gasteiger partial charge in [0.05, 0.1) is 5.01 Å². The fourth-order valence-corrected chi connectivity index (χ4v) is 2.38. The largest absolute Gasteiger partial charge is 0.534 e. The summed E-state index contributed by atoms with van der Waals surface area (Å²) in [6.07, 6.45) is 0. The van der Waals surface area contributed by atoms with E-state index in [-0.39, 0.29) is 5.56 Å². The SMILES string of the molecule is Cc1nc(C#Cc2ccc(OS(=O)(=O)C(F)(F)F)c(F)c2)cs1. The predicted molar refractivity (Wildman–Crippen MR) is 74.8 cm³/mol. The van der Waals surface area contributed by atoms with Crippen LogP contribution in [0.4, 0.5) is 17.6 Å². The van der Waals surface area contributed by atoms with Crippen LogP contribution in [0.25, 0.3) is 0 Å². The van der Waals surface area contributed by atoms with E-state index < -0.39 is 27.2 Å². The van der Waals surface area contributed by atoms with Gasteiger partial charge in [0.1, 0.15) is 5.69 Å². The highest BCUT2D eigenvalue weighted by Crippen LogP contribution is 2.28. The number of alkyl halides is 3. The lowest BCUT2D eigenvalue weighted by molar-refractivity contribution is -0.0500. The first kappa shape index (κ1) is 17.2. The van der Waals surface area contributed by atoms with Crippen molar-refractivity contribution in [3.8, 4) is 17.6 Å². The van der Waals surface area contributed by atoms with Crippen LogP contribution in [0, 0.1) is 24.6 Å². The van der Waals surface area contributed by atoms with Crippen LogP contribution >= 0.6 is 11.3 Å². The molecule has 23 heavy (non-hydrogen) atoms. The number of hydrogen-bond donors (Lipinski definition) is 0. The van der Waals surface area contributed by atoms with Gasteiger partial charge in [-0.05, 0) is 31.0 Å². The summed E-state index contributed by atoms with van der Waals surface area (Å²) in [6, 6.07) is 2.67. The molecule has 2 rings (SSSR count). The monoisotopic (exact) mass is 365 g/mol. The Morgan fingerprint density at radius 2 is 1.96 bits per heavy atom. The van der Waals surface area contributed by atoms with E-state index in [0.717, 1.165) is 23.2 Å². The van der Waals surface area contributed by atoms with E-state index in [2.05, 4.69) is 21.0 Å². The van der Waals surface area contributed by atoms with Crippen LogP contribution in [0.3, 0.4) is 0 Å². The molecule has 0 N–H and O–H groups in total. The van der Waals surface area contributed by atoms with Crippen LogP contribution in [0.5, 0.6) is 5.75 Å². The maximum atomic E-state index is 13.7. The molecule has 0 aliphatic rings. The average Bonchev–Trinajstić information content (AvgIpc) is 2.83. The minimum absolute atomic E-state index is 0.130. The molecular weight excluding hydrogens is 358 g/mol. The molecule has 0 amide bonds. The second-order valence-electron chi connectivity index (χ2n) is 4.13. The second-order valence-corrected chi connectivity index (χ2v) is 6.73. The van der Waals surface area contributed by atoms with Crippen LogP contribution in [-0.4, -0.2) is 18.9 Å². The Kier molecular flexibility index (Phi) is 4.63. The highest BCUT2D eigenvalue weighted by Gasteiger charge is 2.48. The quantitative estimate of drug-likeness (QED) is 0.355. The molecule has 0 radical (unpaired) electrons. The highest BCUT2D eigenvalue weighted by molar-refractivity contribution is 7.88. The van der Waals surface area contributed by atoms with Crippen molar-refractivity contribution in [2.24, 2.45) is 0 Å². The molecule has 1 aromatic heterocycles. The molecule has 1 aromatic carbocycles. The van der Waals surface area contributed by atoms with Crippen molar-refractivity contribution < 1.29 is 30.2 Å². The van der Waals surface area contributed by atoms with Crippen LogP contribution in [0.15, 0.2) is 23.6 Å². The lowest BCUT2D eigenvalue weighted by Gasteiger charge is -2.09. The lowest BCUT2D eigenvalue weighted by Crippen LogP contribution is -2.28. The molecule has 1 heterocycles. The van der Waals surface area contributed by atoms with E-state index in [4.69, 9.17) is 0 Å². The smallest absolute Gasteiger partial charge is 0.373 e. The summed E-state index contributed by atoms with van der Waals surface area (Å²) < 4.78 is 75.6. The summed E-state index contributed by atoms with van der Waals surface area (Å²) in [5.74, 6) is 2.87. The van der Waals surface area contributed by atoms with E-state index in [0.29, 0.717) is 5.69 Å². The Morgan fingerprint density at radius 3 is 2.48 bits per heavy atom. The third-order valence-electron chi connectivity index (χ3n) is 2.37. The summed E-state index contributed by atoms with van der Waals surface area (Å²) in [6.45, 7) is 1.78. The van der Waals surface area contributed by atoms with Gasteiger partial charge < -0.3 is 4.18 Å². The molecule has 0 aliphatic carbocycles. The molecule has 0 aliphatic heterocycles. The summed E-state index contributed by atoms with van der Waals surface area (Å²) in [4.78, 5) is 4.06. The molecule has 10 heteroatoms. The number of thiazole rings is 1. The number of nitrogens with zero attached hydrogens (tertiary/aromatic N) is 1. The van der Waals surface area contributed by atoms with Crippen LogP contribution in [-0.2, 0) is 10.1 Å². The Morgan fingerprint density at radius 1 is 1.26 bits per heavy atom. The van der Waals surface area contributed by atoms with Crippen molar-refractivity contribution >= 4 is 21.5 Å². The van der Waals surface area contributed by atoms with Gasteiger partial charge in [0.2, 0.25) is 0 Å². The topological polar surface area (TPSA) is 56.3 Å². The fourth-order valence-electron chi connectivity index (χ4n) is 1.37. The van der Waals surface area contributed by atoms with Gasteiger partial charge in [-0.25, -0.2) is 9.37 Å². The van der Waals surface area contributed by atoms with Crippen molar-refractivity contribution in [1.82, 2.24) is 4.98 Å². The third kappa shape index (κ3) is 4.20. The van der Waals surface area contributed by atoms with Crippen LogP contribution in [0.1, 0.15) is 16.3 Å². The molecule has 0 fully saturated rings. The van der Waals surface area contributed by atoms with Crippen molar-refractivity contribution in [2.45, 2.75) is 12.4 Å². The molecule has 0 spiro atoms. The third-order valence-corrected chi connectivity index (χ3v) is 4.11. The zero-order valence-electron chi connectivity index (χ0n) is 11.3. The van der Waals surface area contributed by atoms with E-state index in [1.165, 1.54) is 11.3 Å². The summed E-state index contributed by atoms with van der Waals surface area (Å²) >= 11 is 1.37. The maximum absolute atomic E-state index is 13.7. The van der Waals surface area contributed by atoms with E-state index in [9.17, 15) is 26.0 Å². The minimum Gasteiger partial charge on any atom is -0.373 e. The maximum Gasteiger partial charge on any atom is 0.534 e. The van der Waals surface area contributed by atoms with E-state index >= 15 is 0 Å². The minimum atomic E-state index is -5.92. The Labute approximate surface area is 132 Å². The van der Waals surface area contributed by atoms with Gasteiger partial charge in [-0.3, -0.25) is 0 Å². The van der Waals surface area contributed by atoms with Crippen LogP contribution in [0.2, 0.25) is 0 Å². The Bertz CT molecular complexity index is 892. The molecule has 0 atom stereocenters. The van der Waals surface area contributed by atoms with E-state index in [1.807, 2.05) is 0 Å². The van der Waals surface area contributed by atoms with Crippen LogP contribution < -0.4 is 4.18 Å². The molecule has 122 valence electrons. The van der Waals surface area contributed by atoms with E-state index in [1.54, 1.807) is 12.3 Å². The first-order valence-electron chi connectivity index (χ1n) is 5.83. The van der Waals surface area contributed by atoms with Gasteiger partial charge in [-0.1, -0.05) is 5.92 Å². The van der Waals surface area contributed by atoms with Crippen molar-refractivity contribution in [1.29, 1.82) is 0 Å². The summed E-state index contributed by atoms with van der Waals surface area (Å²) in [5, 5.41) is 2.48. The number of rotatable bonds is 2. The molecule has 4 nitrogen and oxygen atoms in total. The molecular formula is C13H7F4NO3S2. The van der Waals surface area contributed by atoms with Gasteiger partial charge in [0.25, 0.3) is 0 Å². The number of hydrogen-bond acceptors (Lipinski definition) is 5. The zero-order valence-corrected chi connectivity index (χ0v) is 12.9. The zero-order chi connectivity index (χ0) is 17.3. The molecule has 0 bridgehead atoms. The fraction of sp³-hybridized carbons (Fsp3) is 0.154. The second kappa shape index (κ2) is 6.17. The highest BCUT2D eigenvalue weighted by atomic mass is 32.2. The molecule has 2 aromatic rings. The number of halogens is 4. The van der Waals surface area contributed by atoms with Gasteiger partial charge in [-0.15, -0.1) is 11.3 Å².